The second kappa shape index (κ2) is 15.0. The highest BCUT2D eigenvalue weighted by Crippen LogP contribution is 2.09. The zero-order valence-corrected chi connectivity index (χ0v) is 14.1. The maximum atomic E-state index is 10.6. The Morgan fingerprint density at radius 1 is 1.10 bits per heavy atom. The van der Waals surface area contributed by atoms with Crippen LogP contribution in [0.3, 0.4) is 0 Å². The van der Waals surface area contributed by atoms with Gasteiger partial charge in [0.05, 0.1) is 0 Å². The Labute approximate surface area is 125 Å². The summed E-state index contributed by atoms with van der Waals surface area (Å²) in [7, 11) is -4.03. The molecule has 0 heterocycles. The van der Waals surface area contributed by atoms with Crippen molar-refractivity contribution in [1.29, 1.82) is 0 Å². The Kier molecular flexibility index (Phi) is 16.4. The lowest BCUT2D eigenvalue weighted by Gasteiger charge is -2.09. The second-order valence-corrected chi connectivity index (χ2v) is 6.53. The lowest BCUT2D eigenvalue weighted by Crippen LogP contribution is -2.20. The molecule has 0 bridgehead atoms. The van der Waals surface area contributed by atoms with Crippen molar-refractivity contribution in [2.45, 2.75) is 77.6 Å². The second-order valence-electron chi connectivity index (χ2n) is 4.84. The van der Waals surface area contributed by atoms with Crippen LogP contribution in [0, 0.1) is 0 Å². The molecule has 20 heavy (non-hydrogen) atoms. The molecule has 0 spiro atoms. The number of hydrogen-bond donors (Lipinski definition) is 1. The zero-order valence-electron chi connectivity index (χ0n) is 13.3. The first-order valence-electron chi connectivity index (χ1n) is 7.55. The molecule has 0 aromatic heterocycles. The number of hydrogen-bond acceptors (Lipinski definition) is 3. The van der Waals surface area contributed by atoms with Crippen LogP contribution in [-0.2, 0) is 14.9 Å². The van der Waals surface area contributed by atoms with E-state index in [0.29, 0.717) is 6.61 Å². The largest absolute Gasteiger partial charge is 0.360 e. The van der Waals surface area contributed by atoms with Gasteiger partial charge in [-0.15, -0.1) is 6.58 Å². The molecule has 0 aromatic rings. The molecule has 5 heteroatoms. The van der Waals surface area contributed by atoms with Crippen molar-refractivity contribution in [2.75, 3.05) is 6.61 Å². The van der Waals surface area contributed by atoms with E-state index in [4.69, 9.17) is 9.29 Å². The van der Waals surface area contributed by atoms with Crippen LogP contribution in [0.25, 0.3) is 0 Å². The van der Waals surface area contributed by atoms with Crippen molar-refractivity contribution in [3.05, 3.63) is 12.7 Å². The van der Waals surface area contributed by atoms with Crippen LogP contribution in [0.5, 0.6) is 0 Å². The minimum atomic E-state index is -4.03. The normalized spacial score (nSPS) is 12.4. The third-order valence-electron chi connectivity index (χ3n) is 2.77. The van der Waals surface area contributed by atoms with E-state index in [9.17, 15) is 8.42 Å². The Morgan fingerprint density at radius 2 is 1.50 bits per heavy atom. The van der Waals surface area contributed by atoms with Crippen molar-refractivity contribution in [1.82, 2.24) is 0 Å². The highest BCUT2D eigenvalue weighted by atomic mass is 32.2. The van der Waals surface area contributed by atoms with Crippen molar-refractivity contribution in [2.24, 2.45) is 0 Å². The maximum absolute atomic E-state index is 10.6. The van der Waals surface area contributed by atoms with E-state index in [1.54, 1.807) is 6.08 Å². The Bertz CT molecular complexity index is 299. The summed E-state index contributed by atoms with van der Waals surface area (Å²) in [6.07, 6.45) is 11.3. The van der Waals surface area contributed by atoms with Crippen LogP contribution in [-0.4, -0.2) is 25.0 Å². The van der Waals surface area contributed by atoms with E-state index in [2.05, 4.69) is 13.5 Å². The number of rotatable bonds is 11. The van der Waals surface area contributed by atoms with Gasteiger partial charge in [-0.3, -0.25) is 4.55 Å². The highest BCUT2D eigenvalue weighted by Gasteiger charge is 2.16. The SMILES string of the molecule is C=CC.CCCCCCCCCCOC(C)S(=O)(=O)O. The molecule has 122 valence electrons. The van der Waals surface area contributed by atoms with Crippen molar-refractivity contribution < 1.29 is 17.7 Å². The van der Waals surface area contributed by atoms with Crippen LogP contribution in [0.2, 0.25) is 0 Å². The summed E-state index contributed by atoms with van der Waals surface area (Å²) in [5.74, 6) is 0. The molecule has 0 aliphatic rings. The first-order valence-corrected chi connectivity index (χ1v) is 9.05. The number of allylic oxidation sites excluding steroid dienone is 1. The summed E-state index contributed by atoms with van der Waals surface area (Å²) in [6, 6.07) is 0. The van der Waals surface area contributed by atoms with Gasteiger partial charge in [0.25, 0.3) is 10.1 Å². The van der Waals surface area contributed by atoms with E-state index >= 15 is 0 Å². The van der Waals surface area contributed by atoms with E-state index in [-0.39, 0.29) is 0 Å². The molecule has 0 aliphatic carbocycles. The van der Waals surface area contributed by atoms with E-state index in [1.165, 1.54) is 45.4 Å². The van der Waals surface area contributed by atoms with Gasteiger partial charge in [-0.05, 0) is 20.3 Å². The smallest absolute Gasteiger partial charge is 0.291 e. The first-order chi connectivity index (χ1) is 9.40. The van der Waals surface area contributed by atoms with Crippen molar-refractivity contribution >= 4 is 10.1 Å². The lowest BCUT2D eigenvalue weighted by molar-refractivity contribution is 0.106. The molecular weight excluding hydrogens is 276 g/mol. The lowest BCUT2D eigenvalue weighted by atomic mass is 10.1. The van der Waals surface area contributed by atoms with E-state index in [0.717, 1.165) is 12.8 Å². The van der Waals surface area contributed by atoms with Gasteiger partial charge in [0.2, 0.25) is 0 Å². The average Bonchev–Trinajstić information content (AvgIpc) is 2.36. The summed E-state index contributed by atoms with van der Waals surface area (Å²) in [6.45, 7) is 9.20. The molecule has 0 fully saturated rings. The predicted molar refractivity (Wildman–Crippen MR) is 85.4 cm³/mol. The molecular formula is C15H32O4S. The minimum Gasteiger partial charge on any atom is -0.360 e. The average molecular weight is 308 g/mol. The predicted octanol–water partition coefficient (Wildman–Crippen LogP) is 4.57. The molecule has 0 amide bonds. The maximum Gasteiger partial charge on any atom is 0.291 e. The molecule has 1 unspecified atom stereocenters. The quantitative estimate of drug-likeness (QED) is 0.345. The van der Waals surface area contributed by atoms with Gasteiger partial charge in [0.1, 0.15) is 0 Å². The van der Waals surface area contributed by atoms with Gasteiger partial charge < -0.3 is 4.74 Å². The van der Waals surface area contributed by atoms with Gasteiger partial charge in [-0.25, -0.2) is 0 Å². The standard InChI is InChI=1S/C12H26O4S.C3H6/c1-3-4-5-6-7-8-9-10-11-16-12(2)17(13,14)15;1-3-2/h12H,3-11H2,1-2H3,(H,13,14,15);3H,1H2,2H3. The van der Waals surface area contributed by atoms with Gasteiger partial charge in [-0.2, -0.15) is 8.42 Å². The van der Waals surface area contributed by atoms with Crippen molar-refractivity contribution in [3.8, 4) is 0 Å². The van der Waals surface area contributed by atoms with Gasteiger partial charge in [0, 0.05) is 6.61 Å². The fourth-order valence-corrected chi connectivity index (χ4v) is 1.84. The van der Waals surface area contributed by atoms with Gasteiger partial charge >= 0.3 is 0 Å². The van der Waals surface area contributed by atoms with Crippen LogP contribution >= 0.6 is 0 Å². The Morgan fingerprint density at radius 3 is 1.90 bits per heavy atom. The summed E-state index contributed by atoms with van der Waals surface area (Å²) in [4.78, 5) is 0. The Hall–Kier alpha value is -0.390. The number of ether oxygens (including phenoxy) is 1. The highest BCUT2D eigenvalue weighted by molar-refractivity contribution is 7.86. The molecule has 4 nitrogen and oxygen atoms in total. The molecule has 0 rings (SSSR count). The molecule has 0 aliphatic heterocycles. The van der Waals surface area contributed by atoms with Crippen molar-refractivity contribution in [3.63, 3.8) is 0 Å². The fourth-order valence-electron chi connectivity index (χ4n) is 1.57. The molecule has 1 atom stereocenters. The fraction of sp³-hybridized carbons (Fsp3) is 0.867. The summed E-state index contributed by atoms with van der Waals surface area (Å²) < 4.78 is 34.9. The summed E-state index contributed by atoms with van der Waals surface area (Å²) in [5.41, 5.74) is -1.10. The van der Waals surface area contributed by atoms with Crippen LogP contribution in [0.15, 0.2) is 12.7 Å². The van der Waals surface area contributed by atoms with Crippen LogP contribution in [0.1, 0.15) is 72.1 Å². The minimum absolute atomic E-state index is 0.399. The summed E-state index contributed by atoms with van der Waals surface area (Å²) in [5, 5.41) is 0. The van der Waals surface area contributed by atoms with Crippen LogP contribution in [0.4, 0.5) is 0 Å². The topological polar surface area (TPSA) is 63.6 Å². The van der Waals surface area contributed by atoms with E-state index in [1.807, 2.05) is 6.92 Å². The Balaban J connectivity index is 0. The third kappa shape index (κ3) is 17.6. The van der Waals surface area contributed by atoms with E-state index < -0.39 is 15.6 Å². The van der Waals surface area contributed by atoms with Gasteiger partial charge in [-0.1, -0.05) is 57.9 Å². The van der Waals surface area contributed by atoms with Crippen LogP contribution < -0.4 is 0 Å². The first kappa shape index (κ1) is 21.9. The molecule has 0 aromatic carbocycles. The molecule has 0 saturated carbocycles. The monoisotopic (exact) mass is 308 g/mol. The molecule has 1 N–H and O–H groups in total. The molecule has 0 radical (unpaired) electrons. The third-order valence-corrected chi connectivity index (χ3v) is 3.74. The van der Waals surface area contributed by atoms with Gasteiger partial charge in [0.15, 0.2) is 5.44 Å². The summed E-state index contributed by atoms with van der Waals surface area (Å²) >= 11 is 0. The molecule has 0 saturated heterocycles. The zero-order chi connectivity index (χ0) is 15.9. The number of unbranched alkanes of at least 4 members (excludes halogenated alkanes) is 7.